The molecule has 0 spiro atoms. The van der Waals surface area contributed by atoms with Gasteiger partial charge in [-0.15, -0.1) is 0 Å². The van der Waals surface area contributed by atoms with E-state index in [0.717, 1.165) is 50.3 Å². The fraction of sp³-hybridized carbons (Fsp3) is 0.421. The molecule has 0 saturated carbocycles. The van der Waals surface area contributed by atoms with Crippen molar-refractivity contribution in [3.8, 4) is 5.75 Å². The maximum absolute atomic E-state index is 11.9. The summed E-state index contributed by atoms with van der Waals surface area (Å²) in [5.41, 5.74) is 1.10. The van der Waals surface area contributed by atoms with Crippen LogP contribution in [-0.4, -0.2) is 30.5 Å². The van der Waals surface area contributed by atoms with E-state index in [1.807, 2.05) is 47.4 Å². The van der Waals surface area contributed by atoms with Gasteiger partial charge in [0.2, 0.25) is 5.91 Å². The molecule has 0 N–H and O–H groups in total. The molecule has 1 fully saturated rings. The average molecular weight is 299 g/mol. The summed E-state index contributed by atoms with van der Waals surface area (Å²) < 4.78 is 5.55. The second kappa shape index (κ2) is 9.08. The van der Waals surface area contributed by atoms with Crippen LogP contribution in [0.15, 0.2) is 42.5 Å². The molecule has 3 heteroatoms. The minimum atomic E-state index is 0.118. The third kappa shape index (κ3) is 5.40. The molecule has 0 atom stereocenters. The zero-order valence-electron chi connectivity index (χ0n) is 13.3. The first-order chi connectivity index (χ1) is 10.8. The summed E-state index contributed by atoms with van der Waals surface area (Å²) in [7, 11) is 0. The van der Waals surface area contributed by atoms with Crippen molar-refractivity contribution in [2.24, 2.45) is 0 Å². The van der Waals surface area contributed by atoms with Gasteiger partial charge in [-0.2, -0.15) is 0 Å². The van der Waals surface area contributed by atoms with E-state index >= 15 is 0 Å². The van der Waals surface area contributed by atoms with Gasteiger partial charge in [-0.1, -0.05) is 37.3 Å². The second-order valence-electron chi connectivity index (χ2n) is 5.52. The van der Waals surface area contributed by atoms with E-state index in [9.17, 15) is 4.79 Å². The van der Waals surface area contributed by atoms with E-state index < -0.39 is 0 Å². The number of amides is 1. The summed E-state index contributed by atoms with van der Waals surface area (Å²) in [4.78, 5) is 13.9. The molecule has 1 aromatic rings. The first kappa shape index (κ1) is 16.3. The fourth-order valence-electron chi connectivity index (χ4n) is 2.42. The van der Waals surface area contributed by atoms with Crippen LogP contribution in [0.2, 0.25) is 0 Å². The Morgan fingerprint density at radius 3 is 2.55 bits per heavy atom. The Balaban J connectivity index is 1.81. The number of nitrogens with zero attached hydrogens (tertiary/aromatic N) is 1. The van der Waals surface area contributed by atoms with Crippen molar-refractivity contribution in [1.82, 2.24) is 4.90 Å². The lowest BCUT2D eigenvalue weighted by Gasteiger charge is -2.25. The number of hydrogen-bond acceptors (Lipinski definition) is 2. The SMILES string of the molecule is CCCOc1ccc(/C=C/C=C/C(=O)N2CCCCC2)cc1. The predicted octanol–water partition coefficient (Wildman–Crippen LogP) is 4.06. The zero-order chi connectivity index (χ0) is 15.6. The molecule has 1 aliphatic rings. The molecule has 0 aliphatic carbocycles. The molecule has 22 heavy (non-hydrogen) atoms. The number of ether oxygens (including phenoxy) is 1. The highest BCUT2D eigenvalue weighted by Gasteiger charge is 2.13. The van der Waals surface area contributed by atoms with Crippen molar-refractivity contribution in [1.29, 1.82) is 0 Å². The van der Waals surface area contributed by atoms with Crippen molar-refractivity contribution in [3.63, 3.8) is 0 Å². The Morgan fingerprint density at radius 2 is 1.86 bits per heavy atom. The number of piperidine rings is 1. The van der Waals surface area contributed by atoms with Gasteiger partial charge in [0.05, 0.1) is 6.61 Å². The quantitative estimate of drug-likeness (QED) is 0.585. The Labute approximate surface area is 133 Å². The monoisotopic (exact) mass is 299 g/mol. The maximum atomic E-state index is 11.9. The van der Waals surface area contributed by atoms with Crippen LogP contribution in [0.5, 0.6) is 5.75 Å². The van der Waals surface area contributed by atoms with Gasteiger partial charge < -0.3 is 9.64 Å². The molecule has 1 amide bonds. The van der Waals surface area contributed by atoms with Crippen LogP contribution in [0.1, 0.15) is 38.2 Å². The average Bonchev–Trinajstić information content (AvgIpc) is 2.58. The van der Waals surface area contributed by atoms with Gasteiger partial charge in [-0.25, -0.2) is 0 Å². The molecule has 3 nitrogen and oxygen atoms in total. The van der Waals surface area contributed by atoms with E-state index in [-0.39, 0.29) is 5.91 Å². The van der Waals surface area contributed by atoms with E-state index in [1.165, 1.54) is 6.42 Å². The predicted molar refractivity (Wildman–Crippen MR) is 90.8 cm³/mol. The van der Waals surface area contributed by atoms with E-state index in [0.29, 0.717) is 0 Å². The van der Waals surface area contributed by atoms with Crippen LogP contribution >= 0.6 is 0 Å². The molecule has 0 aromatic heterocycles. The summed E-state index contributed by atoms with van der Waals surface area (Å²) >= 11 is 0. The summed E-state index contributed by atoms with van der Waals surface area (Å²) in [6.45, 7) is 4.63. The van der Waals surface area contributed by atoms with Gasteiger partial charge in [0.1, 0.15) is 5.75 Å². The number of benzene rings is 1. The van der Waals surface area contributed by atoms with Gasteiger partial charge >= 0.3 is 0 Å². The number of carbonyl (C=O) groups is 1. The number of rotatable bonds is 6. The van der Waals surface area contributed by atoms with Gasteiger partial charge in [-0.05, 0) is 43.4 Å². The molecule has 2 rings (SSSR count). The van der Waals surface area contributed by atoms with Crippen LogP contribution in [0.4, 0.5) is 0 Å². The number of likely N-dealkylation sites (tertiary alicyclic amines) is 1. The maximum Gasteiger partial charge on any atom is 0.246 e. The van der Waals surface area contributed by atoms with E-state index in [1.54, 1.807) is 6.08 Å². The Kier molecular flexibility index (Phi) is 6.75. The third-order valence-electron chi connectivity index (χ3n) is 3.66. The molecule has 1 heterocycles. The fourth-order valence-corrected chi connectivity index (χ4v) is 2.42. The Hall–Kier alpha value is -2.03. The van der Waals surface area contributed by atoms with Crippen LogP contribution in [0.25, 0.3) is 6.08 Å². The molecular weight excluding hydrogens is 274 g/mol. The minimum absolute atomic E-state index is 0.118. The first-order valence-corrected chi connectivity index (χ1v) is 8.16. The van der Waals surface area contributed by atoms with Gasteiger partial charge in [0.15, 0.2) is 0 Å². The normalized spacial score (nSPS) is 15.6. The lowest BCUT2D eigenvalue weighted by Crippen LogP contribution is -2.34. The van der Waals surface area contributed by atoms with Crippen LogP contribution in [-0.2, 0) is 4.79 Å². The molecule has 1 saturated heterocycles. The number of carbonyl (C=O) groups excluding carboxylic acids is 1. The molecule has 1 aliphatic heterocycles. The second-order valence-corrected chi connectivity index (χ2v) is 5.52. The third-order valence-corrected chi connectivity index (χ3v) is 3.66. The van der Waals surface area contributed by atoms with Crippen molar-refractivity contribution >= 4 is 12.0 Å². The highest BCUT2D eigenvalue weighted by Crippen LogP contribution is 2.13. The molecule has 1 aromatic carbocycles. The Bertz CT molecular complexity index is 511. The van der Waals surface area contributed by atoms with E-state index in [4.69, 9.17) is 4.74 Å². The van der Waals surface area contributed by atoms with Crippen molar-refractivity contribution in [2.75, 3.05) is 19.7 Å². The Morgan fingerprint density at radius 1 is 1.14 bits per heavy atom. The van der Waals surface area contributed by atoms with Crippen LogP contribution in [0, 0.1) is 0 Å². The molecule has 0 unspecified atom stereocenters. The van der Waals surface area contributed by atoms with E-state index in [2.05, 4.69) is 6.92 Å². The highest BCUT2D eigenvalue weighted by molar-refractivity contribution is 5.88. The summed E-state index contributed by atoms with van der Waals surface area (Å²) in [5.74, 6) is 1.02. The minimum Gasteiger partial charge on any atom is -0.494 e. The largest absolute Gasteiger partial charge is 0.494 e. The van der Waals surface area contributed by atoms with Crippen molar-refractivity contribution in [3.05, 3.63) is 48.1 Å². The standard InChI is InChI=1S/C19H25NO2/c1-2-16-22-18-12-10-17(11-13-18)8-4-5-9-19(21)20-14-6-3-7-15-20/h4-5,8-13H,2-3,6-7,14-16H2,1H3/b8-4+,9-5+. The lowest BCUT2D eigenvalue weighted by molar-refractivity contribution is -0.126. The lowest BCUT2D eigenvalue weighted by atomic mass is 10.1. The van der Waals surface area contributed by atoms with Crippen molar-refractivity contribution < 1.29 is 9.53 Å². The van der Waals surface area contributed by atoms with Crippen LogP contribution < -0.4 is 4.74 Å². The van der Waals surface area contributed by atoms with Gasteiger partial charge in [-0.3, -0.25) is 4.79 Å². The summed E-state index contributed by atoms with van der Waals surface area (Å²) in [6, 6.07) is 7.97. The first-order valence-electron chi connectivity index (χ1n) is 8.16. The number of allylic oxidation sites excluding steroid dienone is 2. The molecule has 118 valence electrons. The zero-order valence-corrected chi connectivity index (χ0v) is 13.3. The van der Waals surface area contributed by atoms with Gasteiger partial charge in [0.25, 0.3) is 0 Å². The van der Waals surface area contributed by atoms with Crippen molar-refractivity contribution in [2.45, 2.75) is 32.6 Å². The summed E-state index contributed by atoms with van der Waals surface area (Å²) in [6.07, 6.45) is 11.9. The number of hydrogen-bond donors (Lipinski definition) is 0. The topological polar surface area (TPSA) is 29.5 Å². The van der Waals surface area contributed by atoms with Crippen LogP contribution in [0.3, 0.4) is 0 Å². The molecule has 0 radical (unpaired) electrons. The molecule has 0 bridgehead atoms. The van der Waals surface area contributed by atoms with Gasteiger partial charge in [0, 0.05) is 19.2 Å². The molecular formula is C19H25NO2. The highest BCUT2D eigenvalue weighted by atomic mass is 16.5. The smallest absolute Gasteiger partial charge is 0.246 e. The summed E-state index contributed by atoms with van der Waals surface area (Å²) in [5, 5.41) is 0.